The van der Waals surface area contributed by atoms with Crippen molar-refractivity contribution in [2.24, 2.45) is 0 Å². The molecule has 1 heterocycles. The van der Waals surface area contributed by atoms with Crippen molar-refractivity contribution in [2.75, 3.05) is 12.9 Å². The Morgan fingerprint density at radius 2 is 2.21 bits per heavy atom. The summed E-state index contributed by atoms with van der Waals surface area (Å²) in [6.45, 7) is 0.295. The van der Waals surface area contributed by atoms with Crippen LogP contribution in [0.2, 0.25) is 0 Å². The highest BCUT2D eigenvalue weighted by Gasteiger charge is 2.00. The van der Waals surface area contributed by atoms with Gasteiger partial charge in [0.15, 0.2) is 0 Å². The molecule has 1 aromatic rings. The number of thiophene rings is 1. The first-order valence-corrected chi connectivity index (χ1v) is 7.19. The van der Waals surface area contributed by atoms with Crippen molar-refractivity contribution in [3.63, 3.8) is 0 Å². The standard InChI is InChI=1S/C9H14O3S2/c1-14(10,11)12-6-3-2-4-9-5-7-13-8-9/h5,7-8H,2-4,6H2,1H3. The fourth-order valence-corrected chi connectivity index (χ4v) is 2.20. The molecule has 14 heavy (non-hydrogen) atoms. The van der Waals surface area contributed by atoms with Crippen molar-refractivity contribution >= 4 is 21.5 Å². The molecular formula is C9H14O3S2. The van der Waals surface area contributed by atoms with E-state index >= 15 is 0 Å². The summed E-state index contributed by atoms with van der Waals surface area (Å²) in [5, 5.41) is 4.15. The molecular weight excluding hydrogens is 220 g/mol. The summed E-state index contributed by atoms with van der Waals surface area (Å²) in [5.41, 5.74) is 1.31. The maximum absolute atomic E-state index is 10.6. The molecule has 0 radical (unpaired) electrons. The SMILES string of the molecule is CS(=O)(=O)OCCCCc1ccsc1. The van der Waals surface area contributed by atoms with Crippen molar-refractivity contribution in [3.05, 3.63) is 22.4 Å². The average Bonchev–Trinajstić information content (AvgIpc) is 2.54. The van der Waals surface area contributed by atoms with E-state index in [1.807, 2.05) is 5.38 Å². The maximum atomic E-state index is 10.6. The Hall–Kier alpha value is -0.390. The Labute approximate surface area is 88.8 Å². The Kier molecular flexibility index (Phi) is 4.57. The lowest BCUT2D eigenvalue weighted by molar-refractivity contribution is 0.312. The third-order valence-electron chi connectivity index (χ3n) is 1.74. The van der Waals surface area contributed by atoms with Gasteiger partial charge in [-0.3, -0.25) is 4.18 Å². The van der Waals surface area contributed by atoms with Gasteiger partial charge in [0.1, 0.15) is 0 Å². The van der Waals surface area contributed by atoms with E-state index in [2.05, 4.69) is 15.6 Å². The normalized spacial score (nSPS) is 11.8. The summed E-state index contributed by atoms with van der Waals surface area (Å²) >= 11 is 1.68. The summed E-state index contributed by atoms with van der Waals surface area (Å²) < 4.78 is 25.8. The molecule has 0 unspecified atom stereocenters. The van der Waals surface area contributed by atoms with Crippen LogP contribution in [0, 0.1) is 0 Å². The topological polar surface area (TPSA) is 43.4 Å². The number of hydrogen-bond acceptors (Lipinski definition) is 4. The van der Waals surface area contributed by atoms with Gasteiger partial charge in [0, 0.05) is 0 Å². The molecule has 0 fully saturated rings. The van der Waals surface area contributed by atoms with Crippen molar-refractivity contribution in [2.45, 2.75) is 19.3 Å². The molecule has 5 heteroatoms. The quantitative estimate of drug-likeness (QED) is 0.559. The van der Waals surface area contributed by atoms with Crippen molar-refractivity contribution in [3.8, 4) is 0 Å². The summed E-state index contributed by atoms with van der Waals surface area (Å²) in [4.78, 5) is 0. The molecule has 3 nitrogen and oxygen atoms in total. The maximum Gasteiger partial charge on any atom is 0.264 e. The van der Waals surface area contributed by atoms with Crippen molar-refractivity contribution in [1.82, 2.24) is 0 Å². The first-order chi connectivity index (χ1) is 6.58. The highest BCUT2D eigenvalue weighted by molar-refractivity contribution is 7.85. The highest BCUT2D eigenvalue weighted by Crippen LogP contribution is 2.09. The fourth-order valence-electron chi connectivity index (χ4n) is 1.08. The second-order valence-corrected chi connectivity index (χ2v) is 5.54. The van der Waals surface area contributed by atoms with E-state index in [0.29, 0.717) is 6.61 Å². The molecule has 0 spiro atoms. The molecule has 0 atom stereocenters. The predicted octanol–water partition coefficient (Wildman–Crippen LogP) is 2.05. The van der Waals surface area contributed by atoms with Crippen LogP contribution in [0.3, 0.4) is 0 Å². The van der Waals surface area contributed by atoms with Crippen LogP contribution >= 0.6 is 11.3 Å². The first kappa shape index (κ1) is 11.7. The van der Waals surface area contributed by atoms with Gasteiger partial charge in [-0.25, -0.2) is 0 Å². The summed E-state index contributed by atoms with van der Waals surface area (Å²) in [5.74, 6) is 0. The second-order valence-electron chi connectivity index (χ2n) is 3.11. The molecule has 1 aromatic heterocycles. The predicted molar refractivity (Wildman–Crippen MR) is 58.1 cm³/mol. The van der Waals surface area contributed by atoms with Gasteiger partial charge in [-0.2, -0.15) is 19.8 Å². The number of unbranched alkanes of at least 4 members (excludes halogenated alkanes) is 1. The smallest absolute Gasteiger partial charge is 0.264 e. The Morgan fingerprint density at radius 3 is 2.79 bits per heavy atom. The van der Waals surface area contributed by atoms with Crippen LogP contribution in [0.1, 0.15) is 18.4 Å². The molecule has 0 bridgehead atoms. The molecule has 1 rings (SSSR count). The van der Waals surface area contributed by atoms with E-state index in [9.17, 15) is 8.42 Å². The van der Waals surface area contributed by atoms with Crippen LogP contribution in [-0.4, -0.2) is 21.3 Å². The minimum Gasteiger partial charge on any atom is -0.270 e. The molecule has 0 amide bonds. The van der Waals surface area contributed by atoms with E-state index in [1.165, 1.54) is 5.56 Å². The lowest BCUT2D eigenvalue weighted by Crippen LogP contribution is -2.04. The van der Waals surface area contributed by atoms with Gasteiger partial charge in [0.05, 0.1) is 12.9 Å². The zero-order valence-electron chi connectivity index (χ0n) is 8.10. The Morgan fingerprint density at radius 1 is 1.43 bits per heavy atom. The lowest BCUT2D eigenvalue weighted by atomic mass is 10.1. The molecule has 0 aliphatic carbocycles. The number of aryl methyl sites for hydroxylation is 1. The van der Waals surface area contributed by atoms with Crippen LogP contribution in [0.25, 0.3) is 0 Å². The average molecular weight is 234 g/mol. The van der Waals surface area contributed by atoms with E-state index in [4.69, 9.17) is 0 Å². The minimum atomic E-state index is -3.26. The Bertz CT molecular complexity index is 340. The number of hydrogen-bond donors (Lipinski definition) is 0. The van der Waals surface area contributed by atoms with E-state index in [0.717, 1.165) is 25.5 Å². The molecule has 80 valence electrons. The van der Waals surface area contributed by atoms with Crippen LogP contribution in [0.5, 0.6) is 0 Å². The minimum absolute atomic E-state index is 0.295. The zero-order chi connectivity index (χ0) is 10.4. The summed E-state index contributed by atoms with van der Waals surface area (Å²) in [6.07, 6.45) is 3.82. The first-order valence-electron chi connectivity index (χ1n) is 4.43. The number of rotatable bonds is 6. The zero-order valence-corrected chi connectivity index (χ0v) is 9.73. The lowest BCUT2D eigenvalue weighted by Gasteiger charge is -2.00. The fraction of sp³-hybridized carbons (Fsp3) is 0.556. The van der Waals surface area contributed by atoms with Gasteiger partial charge >= 0.3 is 0 Å². The van der Waals surface area contributed by atoms with Gasteiger partial charge in [-0.05, 0) is 41.7 Å². The highest BCUT2D eigenvalue weighted by atomic mass is 32.2. The van der Waals surface area contributed by atoms with Crippen molar-refractivity contribution < 1.29 is 12.6 Å². The molecule has 0 aliphatic rings. The Balaban J connectivity index is 2.06. The van der Waals surface area contributed by atoms with Gasteiger partial charge in [-0.15, -0.1) is 0 Å². The van der Waals surface area contributed by atoms with E-state index in [-0.39, 0.29) is 0 Å². The molecule has 0 aliphatic heterocycles. The third-order valence-corrected chi connectivity index (χ3v) is 3.06. The molecule has 0 N–H and O–H groups in total. The third kappa shape index (κ3) is 5.36. The summed E-state index contributed by atoms with van der Waals surface area (Å²) in [6, 6.07) is 2.09. The van der Waals surface area contributed by atoms with Gasteiger partial charge in [0.25, 0.3) is 10.1 Å². The molecule has 0 aromatic carbocycles. The van der Waals surface area contributed by atoms with Gasteiger partial charge < -0.3 is 0 Å². The van der Waals surface area contributed by atoms with Crippen LogP contribution in [-0.2, 0) is 20.7 Å². The molecule has 0 saturated heterocycles. The van der Waals surface area contributed by atoms with Crippen LogP contribution in [0.4, 0.5) is 0 Å². The molecule has 0 saturated carbocycles. The monoisotopic (exact) mass is 234 g/mol. The van der Waals surface area contributed by atoms with Gasteiger partial charge in [0.2, 0.25) is 0 Å². The van der Waals surface area contributed by atoms with Crippen LogP contribution < -0.4 is 0 Å². The van der Waals surface area contributed by atoms with E-state index < -0.39 is 10.1 Å². The van der Waals surface area contributed by atoms with Crippen molar-refractivity contribution in [1.29, 1.82) is 0 Å². The van der Waals surface area contributed by atoms with Crippen LogP contribution in [0.15, 0.2) is 16.8 Å². The van der Waals surface area contributed by atoms with E-state index in [1.54, 1.807) is 11.3 Å². The largest absolute Gasteiger partial charge is 0.270 e. The summed E-state index contributed by atoms with van der Waals surface area (Å²) in [7, 11) is -3.26. The van der Waals surface area contributed by atoms with Gasteiger partial charge in [-0.1, -0.05) is 0 Å². The second kappa shape index (κ2) is 5.48.